The van der Waals surface area contributed by atoms with Crippen molar-refractivity contribution in [3.63, 3.8) is 0 Å². The van der Waals surface area contributed by atoms with Crippen LogP contribution in [0.5, 0.6) is 0 Å². The van der Waals surface area contributed by atoms with E-state index in [1.54, 1.807) is 6.07 Å². The van der Waals surface area contributed by atoms with Gasteiger partial charge in [0.1, 0.15) is 0 Å². The van der Waals surface area contributed by atoms with Crippen molar-refractivity contribution >= 4 is 30.7 Å². The highest BCUT2D eigenvalue weighted by molar-refractivity contribution is 5.85. The van der Waals surface area contributed by atoms with Crippen LogP contribution in [0.1, 0.15) is 17.5 Å². The summed E-state index contributed by atoms with van der Waals surface area (Å²) in [6, 6.07) is 5.47. The largest absolute Gasteiger partial charge is 0.416 e. The number of alkyl halides is 3. The summed E-state index contributed by atoms with van der Waals surface area (Å²) in [6.07, 6.45) is -3.42. The predicted octanol–water partition coefficient (Wildman–Crippen LogP) is 2.80. The quantitative estimate of drug-likeness (QED) is 0.827. The fraction of sp³-hybridized carbons (Fsp3) is 0.588. The highest BCUT2D eigenvalue weighted by Gasteiger charge is 2.31. The van der Waals surface area contributed by atoms with E-state index in [9.17, 15) is 18.0 Å². The van der Waals surface area contributed by atoms with Crippen molar-refractivity contribution in [2.24, 2.45) is 5.92 Å². The minimum absolute atomic E-state index is 0. The van der Waals surface area contributed by atoms with Crippen LogP contribution < -0.4 is 5.32 Å². The highest BCUT2D eigenvalue weighted by atomic mass is 35.5. The Labute approximate surface area is 163 Å². The smallest absolute Gasteiger partial charge is 0.340 e. The summed E-state index contributed by atoms with van der Waals surface area (Å²) < 4.78 is 38.3. The second-order valence-corrected chi connectivity index (χ2v) is 6.49. The van der Waals surface area contributed by atoms with Crippen molar-refractivity contribution in [1.29, 1.82) is 0 Å². The molecule has 1 N–H and O–H groups in total. The SMILES string of the molecule is Cl.Cl.O=C(C1CCNC1)N1CCN(Cc2cccc(C(F)(F)F)c2)CC1. The topological polar surface area (TPSA) is 35.6 Å². The Bertz CT molecular complexity index is 587. The lowest BCUT2D eigenvalue weighted by atomic mass is 10.1. The number of rotatable bonds is 3. The Balaban J connectivity index is 0.00000169. The molecule has 2 aliphatic rings. The van der Waals surface area contributed by atoms with Crippen molar-refractivity contribution in [1.82, 2.24) is 15.1 Å². The third-order valence-electron chi connectivity index (χ3n) is 4.75. The Morgan fingerprint density at radius 3 is 2.42 bits per heavy atom. The van der Waals surface area contributed by atoms with Crippen molar-refractivity contribution in [2.75, 3.05) is 39.3 Å². The van der Waals surface area contributed by atoms with E-state index >= 15 is 0 Å². The molecular formula is C17H24Cl2F3N3O. The molecule has 2 saturated heterocycles. The van der Waals surface area contributed by atoms with Gasteiger partial charge in [0.25, 0.3) is 0 Å². The molecule has 0 bridgehead atoms. The van der Waals surface area contributed by atoms with Gasteiger partial charge in [-0.2, -0.15) is 13.2 Å². The second-order valence-electron chi connectivity index (χ2n) is 6.49. The lowest BCUT2D eigenvalue weighted by molar-refractivity contribution is -0.138. The van der Waals surface area contributed by atoms with Gasteiger partial charge in [-0.25, -0.2) is 0 Å². The number of carbonyl (C=O) groups is 1. The Morgan fingerprint density at radius 1 is 1.15 bits per heavy atom. The molecule has 0 aromatic heterocycles. The van der Waals surface area contributed by atoms with Crippen LogP contribution in [0.15, 0.2) is 24.3 Å². The van der Waals surface area contributed by atoms with E-state index in [1.807, 2.05) is 4.90 Å². The third kappa shape index (κ3) is 5.74. The average Bonchev–Trinajstić information content (AvgIpc) is 3.09. The summed E-state index contributed by atoms with van der Waals surface area (Å²) in [5, 5.41) is 3.20. The first-order valence-electron chi connectivity index (χ1n) is 8.31. The molecule has 26 heavy (non-hydrogen) atoms. The molecule has 2 heterocycles. The number of hydrogen-bond acceptors (Lipinski definition) is 3. The number of piperazine rings is 1. The van der Waals surface area contributed by atoms with Crippen LogP contribution in [0.4, 0.5) is 13.2 Å². The molecule has 1 aromatic rings. The van der Waals surface area contributed by atoms with E-state index in [2.05, 4.69) is 10.2 Å². The van der Waals surface area contributed by atoms with Crippen LogP contribution in [0.3, 0.4) is 0 Å². The standard InChI is InChI=1S/C17H22F3N3O.2ClH/c18-17(19,20)15-3-1-2-13(10-15)12-22-6-8-23(9-7-22)16(24)14-4-5-21-11-14;;/h1-3,10,14,21H,4-9,11-12H2;2*1H. The number of nitrogens with one attached hydrogen (secondary N) is 1. The second kappa shape index (κ2) is 9.78. The lowest BCUT2D eigenvalue weighted by Crippen LogP contribution is -2.50. The summed E-state index contributed by atoms with van der Waals surface area (Å²) in [7, 11) is 0. The molecule has 0 radical (unpaired) electrons. The molecule has 2 aliphatic heterocycles. The first-order chi connectivity index (χ1) is 11.4. The molecular weight excluding hydrogens is 390 g/mol. The monoisotopic (exact) mass is 413 g/mol. The van der Waals surface area contributed by atoms with Crippen LogP contribution in [0.2, 0.25) is 0 Å². The number of amides is 1. The van der Waals surface area contributed by atoms with Crippen LogP contribution >= 0.6 is 24.8 Å². The van der Waals surface area contributed by atoms with E-state index in [4.69, 9.17) is 0 Å². The van der Waals surface area contributed by atoms with Crippen LogP contribution in [0.25, 0.3) is 0 Å². The van der Waals surface area contributed by atoms with E-state index in [-0.39, 0.29) is 36.6 Å². The molecule has 0 spiro atoms. The van der Waals surface area contributed by atoms with Crippen LogP contribution in [-0.2, 0) is 17.5 Å². The predicted molar refractivity (Wildman–Crippen MR) is 98.8 cm³/mol. The molecule has 1 aromatic carbocycles. The van der Waals surface area contributed by atoms with E-state index < -0.39 is 11.7 Å². The normalized spacial score (nSPS) is 21.0. The Hall–Kier alpha value is -1.02. The van der Waals surface area contributed by atoms with Crippen LogP contribution in [0, 0.1) is 5.92 Å². The summed E-state index contributed by atoms with van der Waals surface area (Å²) in [5.41, 5.74) is 0.0483. The molecule has 9 heteroatoms. The zero-order valence-electron chi connectivity index (χ0n) is 14.3. The fourth-order valence-electron chi connectivity index (χ4n) is 3.35. The molecule has 3 rings (SSSR count). The van der Waals surface area contributed by atoms with Gasteiger partial charge in [-0.15, -0.1) is 24.8 Å². The fourth-order valence-corrected chi connectivity index (χ4v) is 3.35. The zero-order chi connectivity index (χ0) is 17.2. The Morgan fingerprint density at radius 2 is 1.85 bits per heavy atom. The van der Waals surface area contributed by atoms with Gasteiger partial charge in [-0.3, -0.25) is 9.69 Å². The van der Waals surface area contributed by atoms with Gasteiger partial charge in [0.05, 0.1) is 11.5 Å². The molecule has 1 unspecified atom stereocenters. The third-order valence-corrected chi connectivity index (χ3v) is 4.75. The molecule has 1 atom stereocenters. The number of carbonyl (C=O) groups excluding carboxylic acids is 1. The van der Waals surface area contributed by atoms with Crippen molar-refractivity contribution in [2.45, 2.75) is 19.1 Å². The first kappa shape index (κ1) is 23.0. The summed E-state index contributed by atoms with van der Waals surface area (Å²) in [6.45, 7) is 4.82. The van der Waals surface area contributed by atoms with Gasteiger partial charge in [0, 0.05) is 39.3 Å². The molecule has 0 saturated carbocycles. The van der Waals surface area contributed by atoms with Crippen molar-refractivity contribution < 1.29 is 18.0 Å². The summed E-state index contributed by atoms with van der Waals surface area (Å²) in [4.78, 5) is 16.4. The number of halogens is 5. The van der Waals surface area contributed by atoms with Crippen molar-refractivity contribution in [3.8, 4) is 0 Å². The maximum Gasteiger partial charge on any atom is 0.416 e. The molecule has 1 amide bonds. The lowest BCUT2D eigenvalue weighted by Gasteiger charge is -2.36. The van der Waals surface area contributed by atoms with Crippen LogP contribution in [-0.4, -0.2) is 55.0 Å². The number of nitrogens with zero attached hydrogens (tertiary/aromatic N) is 2. The van der Waals surface area contributed by atoms with Gasteiger partial charge in [-0.05, 0) is 24.6 Å². The average molecular weight is 414 g/mol. The van der Waals surface area contributed by atoms with E-state index in [0.717, 1.165) is 25.6 Å². The van der Waals surface area contributed by atoms with Gasteiger partial charge in [0.15, 0.2) is 0 Å². The minimum Gasteiger partial charge on any atom is -0.340 e. The molecule has 2 fully saturated rings. The molecule has 0 aliphatic carbocycles. The molecule has 148 valence electrons. The number of hydrogen-bond donors (Lipinski definition) is 1. The van der Waals surface area contributed by atoms with Gasteiger partial charge in [-0.1, -0.05) is 18.2 Å². The molecule has 4 nitrogen and oxygen atoms in total. The zero-order valence-corrected chi connectivity index (χ0v) is 15.9. The summed E-state index contributed by atoms with van der Waals surface area (Å²) >= 11 is 0. The van der Waals surface area contributed by atoms with Gasteiger partial charge < -0.3 is 10.2 Å². The van der Waals surface area contributed by atoms with Gasteiger partial charge >= 0.3 is 6.18 Å². The van der Waals surface area contributed by atoms with E-state index in [1.165, 1.54) is 12.1 Å². The highest BCUT2D eigenvalue weighted by Crippen LogP contribution is 2.29. The maximum absolute atomic E-state index is 12.8. The van der Waals surface area contributed by atoms with E-state index in [0.29, 0.717) is 38.3 Å². The summed E-state index contributed by atoms with van der Waals surface area (Å²) in [5.74, 6) is 0.290. The van der Waals surface area contributed by atoms with Gasteiger partial charge in [0.2, 0.25) is 5.91 Å². The Kier molecular flexibility index (Phi) is 8.66. The minimum atomic E-state index is -4.31. The maximum atomic E-state index is 12.8. The first-order valence-corrected chi connectivity index (χ1v) is 8.31. The number of benzene rings is 1. The van der Waals surface area contributed by atoms with Crippen molar-refractivity contribution in [3.05, 3.63) is 35.4 Å².